The number of pyridine rings is 1. The lowest BCUT2D eigenvalue weighted by Crippen LogP contribution is -2.19. The molecule has 0 aliphatic heterocycles. The molecule has 20 heavy (non-hydrogen) atoms. The molecule has 1 aromatic carbocycles. The van der Waals surface area contributed by atoms with Crippen LogP contribution in [0, 0.1) is 5.92 Å². The zero-order valence-corrected chi connectivity index (χ0v) is 12.3. The molecule has 3 rings (SSSR count). The van der Waals surface area contributed by atoms with E-state index < -0.39 is 9.05 Å². The van der Waals surface area contributed by atoms with Crippen molar-refractivity contribution < 1.29 is 13.2 Å². The van der Waals surface area contributed by atoms with Crippen molar-refractivity contribution in [1.29, 1.82) is 0 Å². The Morgan fingerprint density at radius 3 is 2.75 bits per heavy atom. The number of hydrogen-bond donors (Lipinski definition) is 0. The Balaban J connectivity index is 2.01. The van der Waals surface area contributed by atoms with Crippen LogP contribution in [0.25, 0.3) is 10.9 Å². The molecule has 1 fully saturated rings. The van der Waals surface area contributed by atoms with Gasteiger partial charge in [-0.25, -0.2) is 8.42 Å². The Hall–Kier alpha value is -1.33. The Morgan fingerprint density at radius 2 is 2.10 bits per heavy atom. The molecule has 106 valence electrons. The number of rotatable bonds is 4. The predicted molar refractivity (Wildman–Crippen MR) is 77.6 cm³/mol. The maximum Gasteiger partial charge on any atom is 0.263 e. The lowest BCUT2D eigenvalue weighted by molar-refractivity contribution is 0.182. The Labute approximate surface area is 122 Å². The van der Waals surface area contributed by atoms with Crippen LogP contribution in [-0.2, 0) is 9.05 Å². The second-order valence-corrected chi connectivity index (χ2v) is 7.54. The summed E-state index contributed by atoms with van der Waals surface area (Å²) in [5, 5.41) is 0.675. The molecule has 0 unspecified atom stereocenters. The summed E-state index contributed by atoms with van der Waals surface area (Å²) in [5.74, 6) is 1.27. The fourth-order valence-corrected chi connectivity index (χ4v) is 3.31. The number of aromatic nitrogens is 1. The van der Waals surface area contributed by atoms with Crippen LogP contribution >= 0.6 is 10.7 Å². The summed E-state index contributed by atoms with van der Waals surface area (Å²) in [6, 6.07) is 6.65. The number of fused-ring (bicyclic) bond motifs is 1. The van der Waals surface area contributed by atoms with Crippen molar-refractivity contribution in [2.45, 2.75) is 24.2 Å². The van der Waals surface area contributed by atoms with Gasteiger partial charge in [-0.1, -0.05) is 6.42 Å². The van der Waals surface area contributed by atoms with Crippen LogP contribution < -0.4 is 4.74 Å². The lowest BCUT2D eigenvalue weighted by atomic mass is 9.86. The molecule has 1 aliphatic rings. The molecule has 0 N–H and O–H groups in total. The first kappa shape index (κ1) is 13.6. The van der Waals surface area contributed by atoms with E-state index in [0.717, 1.165) is 0 Å². The summed E-state index contributed by atoms with van der Waals surface area (Å²) in [4.78, 5) is 4.15. The molecule has 0 amide bonds. The molecule has 1 saturated carbocycles. The van der Waals surface area contributed by atoms with Crippen LogP contribution in [0.5, 0.6) is 5.75 Å². The van der Waals surface area contributed by atoms with Crippen molar-refractivity contribution in [2.24, 2.45) is 5.92 Å². The van der Waals surface area contributed by atoms with E-state index >= 15 is 0 Å². The molecule has 1 heterocycles. The third kappa shape index (κ3) is 2.60. The minimum absolute atomic E-state index is 0.0192. The van der Waals surface area contributed by atoms with E-state index in [-0.39, 0.29) is 4.90 Å². The molecule has 1 aromatic heterocycles. The fraction of sp³-hybridized carbons (Fsp3) is 0.357. The maximum atomic E-state index is 11.6. The highest BCUT2D eigenvalue weighted by Crippen LogP contribution is 2.33. The summed E-state index contributed by atoms with van der Waals surface area (Å²) < 4.78 is 28.9. The van der Waals surface area contributed by atoms with Crippen LogP contribution in [0.15, 0.2) is 35.4 Å². The minimum atomic E-state index is -3.82. The largest absolute Gasteiger partial charge is 0.493 e. The number of benzene rings is 1. The van der Waals surface area contributed by atoms with E-state index in [1.165, 1.54) is 25.3 Å². The average molecular weight is 312 g/mol. The fourth-order valence-electron chi connectivity index (χ4n) is 2.31. The number of hydrogen-bond acceptors (Lipinski definition) is 4. The second kappa shape index (κ2) is 5.22. The van der Waals surface area contributed by atoms with E-state index in [9.17, 15) is 8.42 Å². The van der Waals surface area contributed by atoms with Crippen LogP contribution in [0.2, 0.25) is 0 Å². The summed E-state index contributed by atoms with van der Waals surface area (Å²) >= 11 is 0. The summed E-state index contributed by atoms with van der Waals surface area (Å²) in [7, 11) is 1.62. The molecule has 0 spiro atoms. The van der Waals surface area contributed by atoms with Crippen LogP contribution in [0.3, 0.4) is 0 Å². The van der Waals surface area contributed by atoms with E-state index in [1.54, 1.807) is 24.4 Å². The van der Waals surface area contributed by atoms with Gasteiger partial charge in [-0.05, 0) is 43.0 Å². The first-order valence-corrected chi connectivity index (χ1v) is 8.82. The van der Waals surface area contributed by atoms with Gasteiger partial charge in [-0.15, -0.1) is 0 Å². The smallest absolute Gasteiger partial charge is 0.263 e. The summed E-state index contributed by atoms with van der Waals surface area (Å²) in [6.07, 6.45) is 5.21. The van der Waals surface area contributed by atoms with Gasteiger partial charge in [0.25, 0.3) is 9.05 Å². The molecule has 0 saturated heterocycles. The van der Waals surface area contributed by atoms with Gasteiger partial charge in [-0.2, -0.15) is 0 Å². The second-order valence-electron chi connectivity index (χ2n) is 5.01. The van der Waals surface area contributed by atoms with Gasteiger partial charge in [-0.3, -0.25) is 4.98 Å². The van der Waals surface area contributed by atoms with Crippen LogP contribution in [0.4, 0.5) is 0 Å². The van der Waals surface area contributed by atoms with Gasteiger partial charge in [0.2, 0.25) is 0 Å². The van der Waals surface area contributed by atoms with Crippen molar-refractivity contribution in [3.63, 3.8) is 0 Å². The zero-order chi connectivity index (χ0) is 14.2. The topological polar surface area (TPSA) is 56.3 Å². The first-order chi connectivity index (χ1) is 9.55. The zero-order valence-electron chi connectivity index (χ0n) is 10.8. The van der Waals surface area contributed by atoms with Gasteiger partial charge >= 0.3 is 0 Å². The molecular weight excluding hydrogens is 298 g/mol. The van der Waals surface area contributed by atoms with Crippen molar-refractivity contribution >= 4 is 30.6 Å². The highest BCUT2D eigenvalue weighted by molar-refractivity contribution is 8.14. The SMILES string of the molecule is O=S(=O)(Cl)c1ccc(OCC2CCC2)c2cccnc12. The van der Waals surface area contributed by atoms with Crippen LogP contribution in [0.1, 0.15) is 19.3 Å². The van der Waals surface area contributed by atoms with Crippen LogP contribution in [-0.4, -0.2) is 20.0 Å². The van der Waals surface area contributed by atoms with Crippen molar-refractivity contribution in [3.05, 3.63) is 30.5 Å². The van der Waals surface area contributed by atoms with E-state index in [0.29, 0.717) is 29.2 Å². The number of nitrogens with zero attached hydrogens (tertiary/aromatic N) is 1. The van der Waals surface area contributed by atoms with E-state index in [2.05, 4.69) is 4.98 Å². The quantitative estimate of drug-likeness (QED) is 0.813. The molecule has 0 atom stereocenters. The van der Waals surface area contributed by atoms with Crippen molar-refractivity contribution in [1.82, 2.24) is 4.98 Å². The maximum absolute atomic E-state index is 11.6. The van der Waals surface area contributed by atoms with E-state index in [1.807, 2.05) is 0 Å². The molecule has 4 nitrogen and oxygen atoms in total. The normalized spacial score (nSPS) is 16.1. The lowest BCUT2D eigenvalue weighted by Gasteiger charge is -2.25. The van der Waals surface area contributed by atoms with Gasteiger partial charge in [0.15, 0.2) is 0 Å². The molecule has 0 bridgehead atoms. The van der Waals surface area contributed by atoms with E-state index in [4.69, 9.17) is 15.4 Å². The van der Waals surface area contributed by atoms with Crippen molar-refractivity contribution in [2.75, 3.05) is 6.61 Å². The number of halogens is 1. The Kier molecular flexibility index (Phi) is 3.56. The van der Waals surface area contributed by atoms with Gasteiger partial charge in [0.1, 0.15) is 10.6 Å². The molecule has 0 radical (unpaired) electrons. The van der Waals surface area contributed by atoms with Gasteiger partial charge in [0.05, 0.1) is 12.1 Å². The Bertz CT molecular complexity index is 741. The van der Waals surface area contributed by atoms with Gasteiger partial charge < -0.3 is 4.74 Å². The molecule has 2 aromatic rings. The number of ether oxygens (including phenoxy) is 1. The Morgan fingerprint density at radius 1 is 1.30 bits per heavy atom. The third-order valence-corrected chi connectivity index (χ3v) is 5.01. The standard InChI is InChI=1S/C14H14ClNO3S/c15-20(17,18)13-7-6-12(19-9-10-3-1-4-10)11-5-2-8-16-14(11)13/h2,5-8,10H,1,3-4,9H2. The molecule has 6 heteroatoms. The highest BCUT2D eigenvalue weighted by atomic mass is 35.7. The summed E-state index contributed by atoms with van der Waals surface area (Å²) in [6.45, 7) is 0.664. The predicted octanol–water partition coefficient (Wildman–Crippen LogP) is 3.34. The first-order valence-electron chi connectivity index (χ1n) is 6.51. The highest BCUT2D eigenvalue weighted by Gasteiger charge is 2.20. The summed E-state index contributed by atoms with van der Waals surface area (Å²) in [5.41, 5.74) is 0.355. The minimum Gasteiger partial charge on any atom is -0.493 e. The average Bonchev–Trinajstić information content (AvgIpc) is 2.35. The monoisotopic (exact) mass is 311 g/mol. The molecule has 1 aliphatic carbocycles. The van der Waals surface area contributed by atoms with Crippen molar-refractivity contribution in [3.8, 4) is 5.75 Å². The van der Waals surface area contributed by atoms with Gasteiger partial charge in [0, 0.05) is 22.3 Å². The third-order valence-electron chi connectivity index (χ3n) is 3.65. The molecular formula is C14H14ClNO3S.